The molecule has 1 aromatic heterocycles. The van der Waals surface area contributed by atoms with E-state index in [9.17, 15) is 4.79 Å². The Balaban J connectivity index is 1.18. The van der Waals surface area contributed by atoms with Crippen molar-refractivity contribution < 1.29 is 19.2 Å². The average molecular weight is 519 g/mol. The molecule has 3 aromatic rings. The largest absolute Gasteiger partial charge is 0.444 e. The molecule has 202 valence electrons. The number of carbonyl (C=O) groups is 1. The molecule has 6 rings (SSSR count). The van der Waals surface area contributed by atoms with Crippen LogP contribution >= 0.6 is 0 Å². The molecular weight excluding hydrogens is 480 g/mol. The molecule has 38 heavy (non-hydrogen) atoms. The molecule has 2 aromatic carbocycles. The number of carbonyl (C=O) groups excluding carboxylic acids is 1. The highest BCUT2D eigenvalue weighted by Gasteiger charge is 2.33. The summed E-state index contributed by atoms with van der Waals surface area (Å²) in [5, 5.41) is 1.31. The number of piperidine rings is 1. The number of benzene rings is 2. The van der Waals surface area contributed by atoms with E-state index in [1.165, 1.54) is 27.6 Å². The van der Waals surface area contributed by atoms with Gasteiger partial charge < -0.3 is 24.3 Å². The van der Waals surface area contributed by atoms with Gasteiger partial charge in [0.15, 0.2) is 11.5 Å². The minimum Gasteiger partial charge on any atom is -0.444 e. The Morgan fingerprint density at radius 3 is 2.63 bits per heavy atom. The quantitative estimate of drug-likeness (QED) is 0.462. The van der Waals surface area contributed by atoms with E-state index in [2.05, 4.69) is 58.1 Å². The Kier molecular flexibility index (Phi) is 6.70. The maximum Gasteiger partial charge on any atom is 0.410 e. The van der Waals surface area contributed by atoms with Crippen molar-refractivity contribution in [2.75, 3.05) is 26.2 Å². The summed E-state index contributed by atoms with van der Waals surface area (Å²) in [6, 6.07) is 13.1. The topological polar surface area (TPSA) is 79.1 Å². The monoisotopic (exact) mass is 518 g/mol. The first kappa shape index (κ1) is 25.1. The fraction of sp³-hybridized carbons (Fsp3) is 0.500. The van der Waals surface area contributed by atoms with Gasteiger partial charge in [0.2, 0.25) is 0 Å². The molecule has 0 aliphatic carbocycles. The Morgan fingerprint density at radius 2 is 1.84 bits per heavy atom. The van der Waals surface area contributed by atoms with Gasteiger partial charge in [-0.2, -0.15) is 0 Å². The number of aromatic amines is 1. The molecule has 1 fully saturated rings. The normalized spacial score (nSPS) is 20.1. The Morgan fingerprint density at radius 1 is 1.08 bits per heavy atom. The molecule has 1 amide bonds. The maximum absolute atomic E-state index is 12.5. The molecule has 0 saturated carbocycles. The van der Waals surface area contributed by atoms with Crippen LogP contribution in [0.3, 0.4) is 0 Å². The lowest BCUT2D eigenvalue weighted by Gasteiger charge is -2.41. The Bertz CT molecular complexity index is 1310. The summed E-state index contributed by atoms with van der Waals surface area (Å²) in [6.45, 7) is 9.33. The van der Waals surface area contributed by atoms with Gasteiger partial charge in [-0.1, -0.05) is 18.2 Å². The van der Waals surface area contributed by atoms with Crippen molar-refractivity contribution in [1.29, 1.82) is 0 Å². The third-order valence-electron chi connectivity index (χ3n) is 8.10. The van der Waals surface area contributed by atoms with E-state index in [0.717, 1.165) is 69.8 Å². The molecule has 0 spiro atoms. The van der Waals surface area contributed by atoms with Gasteiger partial charge >= 0.3 is 6.09 Å². The number of hydrogen-bond donors (Lipinski definition) is 2. The lowest BCUT2D eigenvalue weighted by Crippen LogP contribution is -2.45. The van der Waals surface area contributed by atoms with Gasteiger partial charge in [0.05, 0.1) is 0 Å². The second-order valence-corrected chi connectivity index (χ2v) is 11.9. The zero-order chi connectivity index (χ0) is 26.3. The van der Waals surface area contributed by atoms with E-state index >= 15 is 0 Å². The molecule has 0 radical (unpaired) electrons. The molecule has 1 saturated heterocycles. The van der Waals surface area contributed by atoms with Gasteiger partial charge in [-0.05, 0) is 93.7 Å². The second kappa shape index (κ2) is 10.2. The predicted molar refractivity (Wildman–Crippen MR) is 146 cm³/mol. The van der Waals surface area contributed by atoms with E-state index in [1.54, 1.807) is 0 Å². The molecule has 8 heteroatoms. The second-order valence-electron chi connectivity index (χ2n) is 11.9. The first-order chi connectivity index (χ1) is 18.3. The molecular formula is C30H38N4O4. The van der Waals surface area contributed by atoms with Crippen LogP contribution < -0.4 is 15.3 Å². The van der Waals surface area contributed by atoms with Crippen LogP contribution in [0.1, 0.15) is 62.8 Å². The number of fused-ring (bicyclic) bond motifs is 3. The molecule has 3 aliphatic heterocycles. The number of para-hydroxylation sites is 1. The number of aromatic nitrogens is 1. The summed E-state index contributed by atoms with van der Waals surface area (Å²) in [4.78, 5) is 31.5. The molecule has 3 aliphatic rings. The highest BCUT2D eigenvalue weighted by molar-refractivity contribution is 5.83. The van der Waals surface area contributed by atoms with Crippen molar-refractivity contribution in [3.8, 4) is 11.5 Å². The van der Waals surface area contributed by atoms with Crippen LogP contribution in [-0.2, 0) is 17.6 Å². The van der Waals surface area contributed by atoms with E-state index in [0.29, 0.717) is 12.0 Å². The molecule has 0 unspecified atom stereocenters. The van der Waals surface area contributed by atoms with Crippen molar-refractivity contribution in [2.45, 2.75) is 64.5 Å². The SMILES string of the molecule is CC(C)(C)OC(=O)N1CCC(CN2CCc3cc4c(cc3[C@@H]2CCc2c[nH]c3ccccc23)ONO4)CC1. The van der Waals surface area contributed by atoms with Crippen LogP contribution in [0, 0.1) is 5.92 Å². The highest BCUT2D eigenvalue weighted by Crippen LogP contribution is 2.42. The van der Waals surface area contributed by atoms with Gasteiger partial charge in [-0.3, -0.25) is 4.90 Å². The number of ether oxygens (including phenoxy) is 1. The van der Waals surface area contributed by atoms with Gasteiger partial charge in [0.25, 0.3) is 0 Å². The highest BCUT2D eigenvalue weighted by atomic mass is 16.9. The van der Waals surface area contributed by atoms with Crippen molar-refractivity contribution >= 4 is 17.0 Å². The number of hydrogen-bond acceptors (Lipinski definition) is 6. The predicted octanol–water partition coefficient (Wildman–Crippen LogP) is 5.54. The van der Waals surface area contributed by atoms with Gasteiger partial charge in [0.1, 0.15) is 5.60 Å². The standard InChI is InChI=1S/C30H38N4O4/c1-30(2,3)36-29(35)33-13-10-20(11-14-33)19-34-15-12-21-16-27-28(38-32-37-27)17-24(21)26(34)9-8-22-18-31-25-7-5-4-6-23(22)25/h4-7,16-18,20,26,31-32H,8-15,19H2,1-3H3/t26-/m0/s1. The minimum atomic E-state index is -0.461. The van der Waals surface area contributed by atoms with Crippen LogP contribution in [0.2, 0.25) is 0 Å². The van der Waals surface area contributed by atoms with Crippen molar-refractivity contribution in [3.63, 3.8) is 0 Å². The lowest BCUT2D eigenvalue weighted by atomic mass is 9.86. The minimum absolute atomic E-state index is 0.191. The van der Waals surface area contributed by atoms with E-state index in [1.807, 2.05) is 25.7 Å². The number of aryl methyl sites for hydroxylation is 1. The summed E-state index contributed by atoms with van der Waals surface area (Å²) in [6.07, 6.45) is 6.99. The van der Waals surface area contributed by atoms with Gasteiger partial charge in [-0.15, -0.1) is 0 Å². The molecule has 4 heterocycles. The fourth-order valence-electron chi connectivity index (χ4n) is 6.17. The number of H-pyrrole nitrogens is 1. The van der Waals surface area contributed by atoms with E-state index < -0.39 is 5.60 Å². The molecule has 1 atom stereocenters. The van der Waals surface area contributed by atoms with E-state index in [-0.39, 0.29) is 6.09 Å². The first-order valence-corrected chi connectivity index (χ1v) is 13.9. The summed E-state index contributed by atoms with van der Waals surface area (Å²) >= 11 is 0. The van der Waals surface area contributed by atoms with Crippen LogP contribution in [0.25, 0.3) is 10.9 Å². The van der Waals surface area contributed by atoms with Crippen LogP contribution in [0.5, 0.6) is 11.5 Å². The van der Waals surface area contributed by atoms with Crippen molar-refractivity contribution in [3.05, 3.63) is 59.3 Å². The van der Waals surface area contributed by atoms with Crippen LogP contribution in [0.4, 0.5) is 4.79 Å². The smallest absolute Gasteiger partial charge is 0.410 e. The number of nitrogens with one attached hydrogen (secondary N) is 2. The molecule has 2 N–H and O–H groups in total. The average Bonchev–Trinajstić information content (AvgIpc) is 3.53. The third kappa shape index (κ3) is 5.20. The maximum atomic E-state index is 12.5. The summed E-state index contributed by atoms with van der Waals surface area (Å²) < 4.78 is 5.60. The molecule has 0 bridgehead atoms. The van der Waals surface area contributed by atoms with Crippen LogP contribution in [-0.4, -0.2) is 52.7 Å². The van der Waals surface area contributed by atoms with Crippen molar-refractivity contribution in [2.24, 2.45) is 5.92 Å². The number of amides is 1. The summed E-state index contributed by atoms with van der Waals surface area (Å²) in [5.74, 6) is 2.08. The fourth-order valence-corrected chi connectivity index (χ4v) is 6.17. The number of nitrogens with zero attached hydrogens (tertiary/aromatic N) is 2. The van der Waals surface area contributed by atoms with E-state index in [4.69, 9.17) is 14.4 Å². The van der Waals surface area contributed by atoms with Gasteiger partial charge in [0, 0.05) is 55.0 Å². The Hall–Kier alpha value is -3.23. The lowest BCUT2D eigenvalue weighted by molar-refractivity contribution is 0.0158. The number of rotatable bonds is 5. The number of likely N-dealkylation sites (tertiary alicyclic amines) is 1. The zero-order valence-electron chi connectivity index (χ0n) is 22.6. The zero-order valence-corrected chi connectivity index (χ0v) is 22.6. The Labute approximate surface area is 224 Å². The summed E-state index contributed by atoms with van der Waals surface area (Å²) in [5.41, 5.74) is 7.32. The summed E-state index contributed by atoms with van der Waals surface area (Å²) in [7, 11) is 0. The molecule has 8 nitrogen and oxygen atoms in total. The van der Waals surface area contributed by atoms with Gasteiger partial charge in [-0.25, -0.2) is 4.79 Å². The third-order valence-corrected chi connectivity index (χ3v) is 8.10. The van der Waals surface area contributed by atoms with Crippen molar-refractivity contribution in [1.82, 2.24) is 20.4 Å². The first-order valence-electron chi connectivity index (χ1n) is 13.9. The van der Waals surface area contributed by atoms with Crippen LogP contribution in [0.15, 0.2) is 42.6 Å².